The van der Waals surface area contributed by atoms with Crippen LogP contribution in [0.1, 0.15) is 47.0 Å². The number of methoxy groups -OCH3 is 1. The highest BCUT2D eigenvalue weighted by Crippen LogP contribution is 2.38. The number of nitrogens with zero attached hydrogens (tertiary/aromatic N) is 2. The van der Waals surface area contributed by atoms with Gasteiger partial charge in [0.2, 0.25) is 5.91 Å². The molecule has 4 rings (SSSR count). The molecule has 0 radical (unpaired) electrons. The van der Waals surface area contributed by atoms with Gasteiger partial charge in [0.1, 0.15) is 5.75 Å². The summed E-state index contributed by atoms with van der Waals surface area (Å²) in [6, 6.07) is 17.3. The minimum absolute atomic E-state index is 0.0961. The summed E-state index contributed by atoms with van der Waals surface area (Å²) in [5, 5.41) is 3.60. The summed E-state index contributed by atoms with van der Waals surface area (Å²) >= 11 is 6.01. The molecule has 158 valence electrons. The molecule has 2 heterocycles. The van der Waals surface area contributed by atoms with E-state index in [1.54, 1.807) is 54.6 Å². The Hall–Kier alpha value is -3.38. The first-order valence-electron chi connectivity index (χ1n) is 9.95. The lowest BCUT2D eigenvalue weighted by Crippen LogP contribution is -2.34. The predicted molar refractivity (Wildman–Crippen MR) is 119 cm³/mol. The predicted octanol–water partition coefficient (Wildman–Crippen LogP) is 4.71. The molecule has 2 amide bonds. The number of pyridine rings is 1. The van der Waals surface area contributed by atoms with Gasteiger partial charge < -0.3 is 10.1 Å². The zero-order chi connectivity index (χ0) is 22.0. The molecule has 1 aromatic heterocycles. The molecule has 0 saturated heterocycles. The van der Waals surface area contributed by atoms with Gasteiger partial charge in [0.25, 0.3) is 5.91 Å². The van der Waals surface area contributed by atoms with E-state index in [1.807, 2.05) is 31.2 Å². The van der Waals surface area contributed by atoms with Crippen LogP contribution in [0.5, 0.6) is 5.75 Å². The Bertz CT molecular complexity index is 1100. The van der Waals surface area contributed by atoms with Crippen molar-refractivity contribution in [3.63, 3.8) is 0 Å². The maximum atomic E-state index is 13.1. The summed E-state index contributed by atoms with van der Waals surface area (Å²) in [5.41, 5.74) is 2.76. The van der Waals surface area contributed by atoms with Crippen LogP contribution in [0.25, 0.3) is 0 Å². The molecule has 6 nitrogen and oxygen atoms in total. The average molecular weight is 436 g/mol. The smallest absolute Gasteiger partial charge is 0.260 e. The molecule has 1 aliphatic rings. The number of halogens is 1. The van der Waals surface area contributed by atoms with E-state index in [0.29, 0.717) is 22.0 Å². The highest BCUT2D eigenvalue weighted by Gasteiger charge is 2.40. The van der Waals surface area contributed by atoms with Gasteiger partial charge in [-0.3, -0.25) is 19.5 Å². The van der Waals surface area contributed by atoms with E-state index in [2.05, 4.69) is 10.3 Å². The van der Waals surface area contributed by atoms with E-state index in [0.717, 1.165) is 11.3 Å². The van der Waals surface area contributed by atoms with E-state index in [9.17, 15) is 9.59 Å². The molecule has 1 aliphatic heterocycles. The SMILES string of the molecule is COc1ccc([C@H](C)NC(=O)C[C@@H]2c3ncccc3C(=O)N2c2ccc(Cl)cc2)cc1. The van der Waals surface area contributed by atoms with E-state index < -0.39 is 6.04 Å². The summed E-state index contributed by atoms with van der Waals surface area (Å²) < 4.78 is 5.18. The maximum absolute atomic E-state index is 13.1. The number of nitrogens with one attached hydrogen (secondary N) is 1. The third-order valence-electron chi connectivity index (χ3n) is 5.39. The normalized spacial score (nSPS) is 16.0. The van der Waals surface area contributed by atoms with Crippen LogP contribution >= 0.6 is 11.6 Å². The van der Waals surface area contributed by atoms with Gasteiger partial charge in [-0.2, -0.15) is 0 Å². The molecular weight excluding hydrogens is 414 g/mol. The third-order valence-corrected chi connectivity index (χ3v) is 5.64. The molecule has 0 unspecified atom stereocenters. The Balaban J connectivity index is 1.55. The van der Waals surface area contributed by atoms with Crippen LogP contribution in [0, 0.1) is 0 Å². The van der Waals surface area contributed by atoms with E-state index >= 15 is 0 Å². The van der Waals surface area contributed by atoms with Gasteiger partial charge in [0, 0.05) is 16.9 Å². The number of carbonyl (C=O) groups is 2. The van der Waals surface area contributed by atoms with Crippen molar-refractivity contribution in [1.29, 1.82) is 0 Å². The second kappa shape index (κ2) is 8.78. The zero-order valence-electron chi connectivity index (χ0n) is 17.2. The van der Waals surface area contributed by atoms with Crippen molar-refractivity contribution in [2.75, 3.05) is 12.0 Å². The van der Waals surface area contributed by atoms with Crippen molar-refractivity contribution in [1.82, 2.24) is 10.3 Å². The summed E-state index contributed by atoms with van der Waals surface area (Å²) in [4.78, 5) is 32.0. The number of carbonyl (C=O) groups excluding carboxylic acids is 2. The highest BCUT2D eigenvalue weighted by atomic mass is 35.5. The van der Waals surface area contributed by atoms with E-state index in [-0.39, 0.29) is 24.3 Å². The molecule has 0 aliphatic carbocycles. The van der Waals surface area contributed by atoms with Gasteiger partial charge in [0.15, 0.2) is 0 Å². The third kappa shape index (κ3) is 4.25. The Morgan fingerprint density at radius 2 is 1.87 bits per heavy atom. The van der Waals surface area contributed by atoms with Gasteiger partial charge in [0.05, 0.1) is 36.9 Å². The number of amides is 2. The molecule has 1 N–H and O–H groups in total. The first-order valence-corrected chi connectivity index (χ1v) is 10.3. The molecule has 0 fully saturated rings. The fourth-order valence-electron chi connectivity index (χ4n) is 3.80. The van der Waals surface area contributed by atoms with Gasteiger partial charge in [-0.05, 0) is 61.0 Å². The molecule has 2 aromatic carbocycles. The molecule has 7 heteroatoms. The van der Waals surface area contributed by atoms with Crippen molar-refractivity contribution in [3.05, 3.63) is 88.7 Å². The number of hydrogen-bond donors (Lipinski definition) is 1. The highest BCUT2D eigenvalue weighted by molar-refractivity contribution is 6.30. The largest absolute Gasteiger partial charge is 0.497 e. The number of benzene rings is 2. The zero-order valence-corrected chi connectivity index (χ0v) is 18.0. The minimum Gasteiger partial charge on any atom is -0.497 e. The number of fused-ring (bicyclic) bond motifs is 1. The van der Waals surface area contributed by atoms with Crippen molar-refractivity contribution in [2.24, 2.45) is 0 Å². The molecule has 31 heavy (non-hydrogen) atoms. The topological polar surface area (TPSA) is 71.5 Å². The molecule has 0 bridgehead atoms. The Morgan fingerprint density at radius 1 is 1.16 bits per heavy atom. The standard InChI is InChI=1S/C24H22ClN3O3/c1-15(16-5-11-19(31-2)12-6-16)27-22(29)14-21-23-20(4-3-13-26-23)24(30)28(21)18-9-7-17(25)8-10-18/h3-13,15,21H,14H2,1-2H3,(H,27,29)/t15-,21+/m0/s1. The van der Waals surface area contributed by atoms with Crippen LogP contribution in [0.4, 0.5) is 5.69 Å². The lowest BCUT2D eigenvalue weighted by Gasteiger charge is -2.25. The van der Waals surface area contributed by atoms with Gasteiger partial charge in [-0.15, -0.1) is 0 Å². The minimum atomic E-state index is -0.493. The average Bonchev–Trinajstić information content (AvgIpc) is 3.06. The Kier molecular flexibility index (Phi) is 5.91. The molecule has 3 aromatic rings. The molecule has 2 atom stereocenters. The quantitative estimate of drug-likeness (QED) is 0.608. The van der Waals surface area contributed by atoms with Gasteiger partial charge >= 0.3 is 0 Å². The second-order valence-corrected chi connectivity index (χ2v) is 7.81. The lowest BCUT2D eigenvalue weighted by atomic mass is 10.1. The Labute approximate surface area is 185 Å². The summed E-state index contributed by atoms with van der Waals surface area (Å²) in [6.45, 7) is 1.92. The lowest BCUT2D eigenvalue weighted by molar-refractivity contribution is -0.122. The number of anilines is 1. The second-order valence-electron chi connectivity index (χ2n) is 7.37. The molecule has 0 spiro atoms. The van der Waals surface area contributed by atoms with Crippen molar-refractivity contribution >= 4 is 29.1 Å². The van der Waals surface area contributed by atoms with Crippen molar-refractivity contribution in [2.45, 2.75) is 25.4 Å². The van der Waals surface area contributed by atoms with E-state index in [4.69, 9.17) is 16.3 Å². The summed E-state index contributed by atoms with van der Waals surface area (Å²) in [7, 11) is 1.61. The van der Waals surface area contributed by atoms with Crippen LogP contribution in [0.2, 0.25) is 5.02 Å². The van der Waals surface area contributed by atoms with Crippen LogP contribution in [0.3, 0.4) is 0 Å². The molecular formula is C24H22ClN3O3. The van der Waals surface area contributed by atoms with Crippen molar-refractivity contribution < 1.29 is 14.3 Å². The number of aromatic nitrogens is 1. The van der Waals surface area contributed by atoms with Gasteiger partial charge in [-0.25, -0.2) is 0 Å². The number of ether oxygens (including phenoxy) is 1. The Morgan fingerprint density at radius 3 is 2.55 bits per heavy atom. The maximum Gasteiger partial charge on any atom is 0.260 e. The van der Waals surface area contributed by atoms with Gasteiger partial charge in [-0.1, -0.05) is 23.7 Å². The number of rotatable bonds is 6. The monoisotopic (exact) mass is 435 g/mol. The number of hydrogen-bond acceptors (Lipinski definition) is 4. The molecule has 0 saturated carbocycles. The fourth-order valence-corrected chi connectivity index (χ4v) is 3.92. The summed E-state index contributed by atoms with van der Waals surface area (Å²) in [6.07, 6.45) is 1.74. The van der Waals surface area contributed by atoms with Crippen LogP contribution < -0.4 is 15.0 Å². The first kappa shape index (κ1) is 20.9. The van der Waals surface area contributed by atoms with Crippen LogP contribution in [-0.4, -0.2) is 23.9 Å². The fraction of sp³-hybridized carbons (Fsp3) is 0.208. The van der Waals surface area contributed by atoms with E-state index in [1.165, 1.54) is 0 Å². The van der Waals surface area contributed by atoms with Crippen LogP contribution in [0.15, 0.2) is 66.9 Å². The van der Waals surface area contributed by atoms with Crippen LogP contribution in [-0.2, 0) is 4.79 Å². The summed E-state index contributed by atoms with van der Waals surface area (Å²) in [5.74, 6) is 0.415. The van der Waals surface area contributed by atoms with Crippen molar-refractivity contribution in [3.8, 4) is 5.75 Å². The first-order chi connectivity index (χ1) is 15.0.